The van der Waals surface area contributed by atoms with Crippen LogP contribution in [0.2, 0.25) is 0 Å². The van der Waals surface area contributed by atoms with Crippen molar-refractivity contribution in [2.24, 2.45) is 0 Å². The third-order valence-corrected chi connectivity index (χ3v) is 2.52. The highest BCUT2D eigenvalue weighted by Crippen LogP contribution is 2.31. The summed E-state index contributed by atoms with van der Waals surface area (Å²) in [4.78, 5) is 10.6. The largest absolute Gasteiger partial charge is 0.435 e. The Hall–Kier alpha value is -2.05. The van der Waals surface area contributed by atoms with Crippen LogP contribution in [0.1, 0.15) is 31.2 Å². The zero-order valence-corrected chi connectivity index (χ0v) is 11.4. The standard InChI is InChI=1S/C13H16F3N3O/c1-9(2)11-8-12(13(14,15)16)18-19(11)10(5-7-20)4-6-17-3/h4-9,17H,1-3H3/b6-4-,10-5+. The Labute approximate surface area is 115 Å². The van der Waals surface area contributed by atoms with Gasteiger partial charge in [0, 0.05) is 18.8 Å². The van der Waals surface area contributed by atoms with Crippen molar-refractivity contribution in [3.8, 4) is 0 Å². The number of hydrogen-bond donors (Lipinski definition) is 1. The summed E-state index contributed by atoms with van der Waals surface area (Å²) in [6.07, 6.45) is 0.136. The summed E-state index contributed by atoms with van der Waals surface area (Å²) >= 11 is 0. The molecule has 1 aromatic rings. The zero-order chi connectivity index (χ0) is 15.3. The van der Waals surface area contributed by atoms with E-state index in [1.165, 1.54) is 12.3 Å². The summed E-state index contributed by atoms with van der Waals surface area (Å²) in [6, 6.07) is 0.997. The Morgan fingerprint density at radius 3 is 2.55 bits per heavy atom. The lowest BCUT2D eigenvalue weighted by molar-refractivity contribution is -0.141. The van der Waals surface area contributed by atoms with Gasteiger partial charge in [0.1, 0.15) is 6.29 Å². The molecule has 0 spiro atoms. The number of nitrogens with one attached hydrogen (secondary N) is 1. The molecule has 0 radical (unpaired) electrons. The van der Waals surface area contributed by atoms with Crippen molar-refractivity contribution in [1.82, 2.24) is 15.1 Å². The van der Waals surface area contributed by atoms with Crippen LogP contribution in [-0.2, 0) is 11.0 Å². The first-order valence-electron chi connectivity index (χ1n) is 5.98. The van der Waals surface area contributed by atoms with Crippen molar-refractivity contribution < 1.29 is 18.0 Å². The molecule has 20 heavy (non-hydrogen) atoms. The lowest BCUT2D eigenvalue weighted by Gasteiger charge is -2.10. The first kappa shape index (κ1) is 16.0. The molecule has 110 valence electrons. The smallest absolute Gasteiger partial charge is 0.394 e. The van der Waals surface area contributed by atoms with Gasteiger partial charge in [0.25, 0.3) is 0 Å². The van der Waals surface area contributed by atoms with E-state index in [-0.39, 0.29) is 11.6 Å². The Bertz CT molecular complexity index is 527. The van der Waals surface area contributed by atoms with E-state index in [9.17, 15) is 18.0 Å². The Morgan fingerprint density at radius 2 is 2.10 bits per heavy atom. The molecule has 0 aliphatic carbocycles. The third-order valence-electron chi connectivity index (χ3n) is 2.52. The van der Waals surface area contributed by atoms with Crippen LogP contribution in [0.25, 0.3) is 5.70 Å². The maximum Gasteiger partial charge on any atom is 0.435 e. The zero-order valence-electron chi connectivity index (χ0n) is 11.4. The van der Waals surface area contributed by atoms with Crippen molar-refractivity contribution in [2.45, 2.75) is 25.9 Å². The van der Waals surface area contributed by atoms with Gasteiger partial charge in [-0.25, -0.2) is 4.68 Å². The number of carbonyl (C=O) groups is 1. The molecule has 0 unspecified atom stereocenters. The lowest BCUT2D eigenvalue weighted by Crippen LogP contribution is -2.09. The first-order chi connectivity index (χ1) is 9.31. The van der Waals surface area contributed by atoms with Gasteiger partial charge in [-0.3, -0.25) is 4.79 Å². The molecule has 0 aromatic carbocycles. The number of alkyl halides is 3. The van der Waals surface area contributed by atoms with Gasteiger partial charge in [-0.2, -0.15) is 18.3 Å². The van der Waals surface area contributed by atoms with E-state index in [4.69, 9.17) is 0 Å². The highest BCUT2D eigenvalue weighted by Gasteiger charge is 2.35. The second-order valence-corrected chi connectivity index (χ2v) is 4.37. The fourth-order valence-electron chi connectivity index (χ4n) is 1.59. The van der Waals surface area contributed by atoms with Crippen LogP contribution in [0.15, 0.2) is 24.4 Å². The normalized spacial score (nSPS) is 13.2. The van der Waals surface area contributed by atoms with Gasteiger partial charge in [-0.15, -0.1) is 0 Å². The van der Waals surface area contributed by atoms with Gasteiger partial charge in [0.15, 0.2) is 5.69 Å². The number of hydrogen-bond acceptors (Lipinski definition) is 3. The van der Waals surface area contributed by atoms with Crippen LogP contribution >= 0.6 is 0 Å². The quantitative estimate of drug-likeness (QED) is 0.514. The highest BCUT2D eigenvalue weighted by atomic mass is 19.4. The average molecular weight is 287 g/mol. The van der Waals surface area contributed by atoms with Gasteiger partial charge in [0.05, 0.1) is 5.70 Å². The number of carbonyl (C=O) groups excluding carboxylic acids is 1. The van der Waals surface area contributed by atoms with E-state index in [0.717, 1.165) is 16.8 Å². The maximum atomic E-state index is 12.8. The molecule has 0 fully saturated rings. The summed E-state index contributed by atoms with van der Waals surface area (Å²) in [6.45, 7) is 3.52. The van der Waals surface area contributed by atoms with Crippen LogP contribution in [0.3, 0.4) is 0 Å². The van der Waals surface area contributed by atoms with Crippen molar-refractivity contribution >= 4 is 12.0 Å². The third kappa shape index (κ3) is 3.72. The summed E-state index contributed by atoms with van der Waals surface area (Å²) < 4.78 is 39.4. The van der Waals surface area contributed by atoms with Gasteiger partial charge >= 0.3 is 6.18 Å². The molecule has 0 bridgehead atoms. The predicted octanol–water partition coefficient (Wildman–Crippen LogP) is 2.80. The summed E-state index contributed by atoms with van der Waals surface area (Å²) in [5.41, 5.74) is -0.337. The van der Waals surface area contributed by atoms with Crippen LogP contribution in [0.4, 0.5) is 13.2 Å². The fraction of sp³-hybridized carbons (Fsp3) is 0.385. The number of aromatic nitrogens is 2. The van der Waals surface area contributed by atoms with Crippen molar-refractivity contribution in [1.29, 1.82) is 0 Å². The SMILES string of the molecule is CN/C=C\C(=C/C=O)n1nc(C(F)(F)F)cc1C(C)C. The molecule has 0 saturated carbocycles. The monoisotopic (exact) mass is 287 g/mol. The molecule has 0 amide bonds. The first-order valence-corrected chi connectivity index (χ1v) is 5.98. The molecule has 1 heterocycles. The topological polar surface area (TPSA) is 46.9 Å². The van der Waals surface area contributed by atoms with E-state index in [1.807, 2.05) is 0 Å². The van der Waals surface area contributed by atoms with Crippen LogP contribution in [0.5, 0.6) is 0 Å². The highest BCUT2D eigenvalue weighted by molar-refractivity contribution is 5.78. The molecular formula is C13H16F3N3O. The summed E-state index contributed by atoms with van der Waals surface area (Å²) in [5.74, 6) is -0.170. The molecule has 1 rings (SSSR count). The molecule has 4 nitrogen and oxygen atoms in total. The van der Waals surface area contributed by atoms with Crippen LogP contribution < -0.4 is 5.32 Å². The summed E-state index contributed by atoms with van der Waals surface area (Å²) in [7, 11) is 1.64. The summed E-state index contributed by atoms with van der Waals surface area (Å²) in [5, 5.41) is 6.27. The molecule has 0 atom stereocenters. The Kier molecular flexibility index (Phi) is 5.12. The molecule has 1 N–H and O–H groups in total. The van der Waals surface area contributed by atoms with Crippen molar-refractivity contribution in [2.75, 3.05) is 7.05 Å². The van der Waals surface area contributed by atoms with Crippen LogP contribution in [-0.4, -0.2) is 23.1 Å². The predicted molar refractivity (Wildman–Crippen MR) is 69.9 cm³/mol. The Balaban J connectivity index is 3.40. The van der Waals surface area contributed by atoms with E-state index in [1.54, 1.807) is 20.9 Å². The minimum Gasteiger partial charge on any atom is -0.394 e. The number of rotatable bonds is 5. The van der Waals surface area contributed by atoms with E-state index in [2.05, 4.69) is 10.4 Å². The lowest BCUT2D eigenvalue weighted by atomic mass is 10.1. The number of nitrogens with zero attached hydrogens (tertiary/aromatic N) is 2. The molecule has 7 heteroatoms. The molecule has 0 aliphatic heterocycles. The van der Waals surface area contributed by atoms with Crippen molar-refractivity contribution in [3.05, 3.63) is 35.8 Å². The van der Waals surface area contributed by atoms with E-state index >= 15 is 0 Å². The number of aldehydes is 1. The molecule has 0 saturated heterocycles. The fourth-order valence-corrected chi connectivity index (χ4v) is 1.59. The Morgan fingerprint density at radius 1 is 1.45 bits per heavy atom. The van der Waals surface area contributed by atoms with E-state index in [0.29, 0.717) is 12.0 Å². The van der Waals surface area contributed by atoms with Crippen LogP contribution in [0, 0.1) is 0 Å². The van der Waals surface area contributed by atoms with Gasteiger partial charge in [0.2, 0.25) is 0 Å². The molecule has 0 aliphatic rings. The minimum absolute atomic E-state index is 0.170. The van der Waals surface area contributed by atoms with Crippen molar-refractivity contribution in [3.63, 3.8) is 0 Å². The minimum atomic E-state index is -4.52. The van der Waals surface area contributed by atoms with Gasteiger partial charge in [-0.05, 0) is 24.3 Å². The maximum absolute atomic E-state index is 12.8. The average Bonchev–Trinajstić information content (AvgIpc) is 2.79. The number of allylic oxidation sites excluding steroid dienone is 3. The molecular weight excluding hydrogens is 271 g/mol. The second kappa shape index (κ2) is 6.40. The van der Waals surface area contributed by atoms with Gasteiger partial charge < -0.3 is 5.32 Å². The van der Waals surface area contributed by atoms with E-state index < -0.39 is 11.9 Å². The number of halogens is 3. The van der Waals surface area contributed by atoms with Gasteiger partial charge in [-0.1, -0.05) is 13.8 Å². The molecule has 1 aromatic heterocycles. The second-order valence-electron chi connectivity index (χ2n) is 4.37.